The highest BCUT2D eigenvalue weighted by Gasteiger charge is 2.34. The van der Waals surface area contributed by atoms with Crippen molar-refractivity contribution in [2.75, 3.05) is 31.1 Å². The molecule has 2 aromatic rings. The number of nitrogens with one attached hydrogen (secondary N) is 2. The predicted octanol–water partition coefficient (Wildman–Crippen LogP) is 2.22. The molecule has 4 rings (SSSR count). The maximum Gasteiger partial charge on any atom is 0.241 e. The zero-order chi connectivity index (χ0) is 18.8. The lowest BCUT2D eigenvalue weighted by Gasteiger charge is -2.37. The Bertz CT molecular complexity index is 789. The third kappa shape index (κ3) is 3.94. The van der Waals surface area contributed by atoms with Crippen molar-refractivity contribution in [3.05, 3.63) is 65.7 Å². The van der Waals surface area contributed by atoms with Gasteiger partial charge in [-0.15, -0.1) is 0 Å². The SMILES string of the molecule is O=C(C1CC(c2ccc(F)cc2)NN1)N1CCN(c2ccc(F)cc2)CC1. The van der Waals surface area contributed by atoms with E-state index in [0.717, 1.165) is 24.3 Å². The molecule has 2 aliphatic rings. The maximum absolute atomic E-state index is 13.1. The number of hydrazine groups is 1. The number of amides is 1. The Kier molecular flexibility index (Phi) is 5.05. The number of benzene rings is 2. The van der Waals surface area contributed by atoms with Crippen LogP contribution in [0.15, 0.2) is 48.5 Å². The van der Waals surface area contributed by atoms with Gasteiger partial charge in [0, 0.05) is 37.9 Å². The minimum Gasteiger partial charge on any atom is -0.368 e. The lowest BCUT2D eigenvalue weighted by atomic mass is 10.0. The lowest BCUT2D eigenvalue weighted by Crippen LogP contribution is -2.53. The second-order valence-electron chi connectivity index (χ2n) is 6.97. The van der Waals surface area contributed by atoms with Gasteiger partial charge in [-0.25, -0.2) is 19.6 Å². The van der Waals surface area contributed by atoms with Crippen LogP contribution in [0.25, 0.3) is 0 Å². The smallest absolute Gasteiger partial charge is 0.241 e. The zero-order valence-corrected chi connectivity index (χ0v) is 14.9. The standard InChI is InChI=1S/C20H22F2N4O/c21-15-3-1-14(2-4-15)18-13-19(24-23-18)20(27)26-11-9-25(10-12-26)17-7-5-16(22)6-8-17/h1-8,18-19,23-24H,9-13H2. The van der Waals surface area contributed by atoms with Gasteiger partial charge in [-0.05, 0) is 48.4 Å². The molecule has 7 heteroatoms. The van der Waals surface area contributed by atoms with E-state index >= 15 is 0 Å². The molecule has 27 heavy (non-hydrogen) atoms. The summed E-state index contributed by atoms with van der Waals surface area (Å²) in [5.74, 6) is -0.440. The average molecular weight is 372 g/mol. The van der Waals surface area contributed by atoms with Crippen molar-refractivity contribution in [3.63, 3.8) is 0 Å². The molecule has 2 aliphatic heterocycles. The van der Waals surface area contributed by atoms with Gasteiger partial charge in [0.05, 0.1) is 0 Å². The number of carbonyl (C=O) groups is 1. The minimum absolute atomic E-state index is 0.0138. The van der Waals surface area contributed by atoms with E-state index < -0.39 is 0 Å². The van der Waals surface area contributed by atoms with Crippen LogP contribution in [0.2, 0.25) is 0 Å². The van der Waals surface area contributed by atoms with Crippen LogP contribution in [0.3, 0.4) is 0 Å². The number of halogens is 2. The molecule has 2 atom stereocenters. The van der Waals surface area contributed by atoms with Crippen molar-refractivity contribution in [2.45, 2.75) is 18.5 Å². The Morgan fingerprint density at radius 1 is 0.852 bits per heavy atom. The summed E-state index contributed by atoms with van der Waals surface area (Å²) in [5, 5.41) is 0. The molecular weight excluding hydrogens is 350 g/mol. The molecule has 0 saturated carbocycles. The van der Waals surface area contributed by atoms with Crippen LogP contribution in [0.1, 0.15) is 18.0 Å². The third-order valence-electron chi connectivity index (χ3n) is 5.26. The normalized spacial score (nSPS) is 22.9. The first-order valence-corrected chi connectivity index (χ1v) is 9.16. The van der Waals surface area contributed by atoms with E-state index in [4.69, 9.17) is 0 Å². The summed E-state index contributed by atoms with van der Waals surface area (Å²) in [7, 11) is 0. The highest BCUT2D eigenvalue weighted by molar-refractivity contribution is 5.82. The maximum atomic E-state index is 13.1. The fraction of sp³-hybridized carbons (Fsp3) is 0.350. The van der Waals surface area contributed by atoms with Crippen LogP contribution in [0.5, 0.6) is 0 Å². The van der Waals surface area contributed by atoms with Gasteiger partial charge in [-0.2, -0.15) is 0 Å². The summed E-state index contributed by atoms with van der Waals surface area (Å²) in [5.41, 5.74) is 8.14. The second kappa shape index (κ2) is 7.62. The Hall–Kier alpha value is -2.51. The van der Waals surface area contributed by atoms with Crippen LogP contribution >= 0.6 is 0 Å². The molecule has 0 radical (unpaired) electrons. The van der Waals surface area contributed by atoms with E-state index in [1.165, 1.54) is 24.3 Å². The lowest BCUT2D eigenvalue weighted by molar-refractivity contribution is -0.133. The van der Waals surface area contributed by atoms with Gasteiger partial charge < -0.3 is 9.80 Å². The topological polar surface area (TPSA) is 47.6 Å². The molecule has 0 aromatic heterocycles. The molecule has 2 heterocycles. The van der Waals surface area contributed by atoms with Crippen LogP contribution in [-0.2, 0) is 4.79 Å². The summed E-state index contributed by atoms with van der Waals surface area (Å²) in [6.07, 6.45) is 0.628. The molecule has 5 nitrogen and oxygen atoms in total. The molecular formula is C20H22F2N4O. The second-order valence-corrected chi connectivity index (χ2v) is 6.97. The van der Waals surface area contributed by atoms with Crippen LogP contribution in [-0.4, -0.2) is 43.0 Å². The highest BCUT2D eigenvalue weighted by Crippen LogP contribution is 2.24. The van der Waals surface area contributed by atoms with E-state index in [0.29, 0.717) is 19.5 Å². The summed E-state index contributed by atoms with van der Waals surface area (Å²) in [6, 6.07) is 12.5. The van der Waals surface area contributed by atoms with Crippen molar-refractivity contribution in [1.29, 1.82) is 0 Å². The molecule has 1 amide bonds. The number of carbonyl (C=O) groups excluding carboxylic acids is 1. The van der Waals surface area contributed by atoms with E-state index in [9.17, 15) is 13.6 Å². The Morgan fingerprint density at radius 3 is 2.07 bits per heavy atom. The number of anilines is 1. The summed E-state index contributed by atoms with van der Waals surface area (Å²) >= 11 is 0. The summed E-state index contributed by atoms with van der Waals surface area (Å²) in [6.45, 7) is 2.71. The van der Waals surface area contributed by atoms with Crippen molar-refractivity contribution in [1.82, 2.24) is 15.8 Å². The predicted molar refractivity (Wildman–Crippen MR) is 99.0 cm³/mol. The molecule has 0 aliphatic carbocycles. The van der Waals surface area contributed by atoms with E-state index in [2.05, 4.69) is 15.8 Å². The van der Waals surface area contributed by atoms with Gasteiger partial charge in [0.1, 0.15) is 17.7 Å². The number of hydrogen-bond donors (Lipinski definition) is 2. The van der Waals surface area contributed by atoms with Gasteiger partial charge in [-0.3, -0.25) is 4.79 Å². The fourth-order valence-corrected chi connectivity index (χ4v) is 3.69. The van der Waals surface area contributed by atoms with Gasteiger partial charge >= 0.3 is 0 Å². The molecule has 2 fully saturated rings. The quantitative estimate of drug-likeness (QED) is 0.868. The largest absolute Gasteiger partial charge is 0.368 e. The monoisotopic (exact) mass is 372 g/mol. The Labute approximate surface area is 156 Å². The molecule has 0 spiro atoms. The number of hydrogen-bond acceptors (Lipinski definition) is 4. The van der Waals surface area contributed by atoms with E-state index in [1.54, 1.807) is 24.3 Å². The molecule has 142 valence electrons. The van der Waals surface area contributed by atoms with Crippen molar-refractivity contribution < 1.29 is 13.6 Å². The van der Waals surface area contributed by atoms with Gasteiger partial charge in [0.25, 0.3) is 0 Å². The number of nitrogens with zero attached hydrogens (tertiary/aromatic N) is 2. The van der Waals surface area contributed by atoms with Crippen molar-refractivity contribution in [2.24, 2.45) is 0 Å². The number of piperazine rings is 1. The third-order valence-corrected chi connectivity index (χ3v) is 5.26. The summed E-state index contributed by atoms with van der Waals surface area (Å²) in [4.78, 5) is 16.8. The Balaban J connectivity index is 1.32. The van der Waals surface area contributed by atoms with Gasteiger partial charge in [-0.1, -0.05) is 12.1 Å². The highest BCUT2D eigenvalue weighted by atomic mass is 19.1. The number of rotatable bonds is 3. The van der Waals surface area contributed by atoms with Crippen molar-refractivity contribution in [3.8, 4) is 0 Å². The zero-order valence-electron chi connectivity index (χ0n) is 14.9. The van der Waals surface area contributed by atoms with Gasteiger partial charge in [0.15, 0.2) is 0 Å². The van der Waals surface area contributed by atoms with Crippen LogP contribution in [0.4, 0.5) is 14.5 Å². The van der Waals surface area contributed by atoms with Crippen LogP contribution in [0, 0.1) is 11.6 Å². The Morgan fingerprint density at radius 2 is 1.44 bits per heavy atom. The molecule has 2 N–H and O–H groups in total. The molecule has 2 aromatic carbocycles. The molecule has 2 unspecified atom stereocenters. The first-order chi connectivity index (χ1) is 13.1. The molecule has 0 bridgehead atoms. The molecule has 2 saturated heterocycles. The minimum atomic E-state index is -0.294. The fourth-order valence-electron chi connectivity index (χ4n) is 3.69. The summed E-state index contributed by atoms with van der Waals surface area (Å²) < 4.78 is 26.1. The first kappa shape index (κ1) is 17.9. The first-order valence-electron chi connectivity index (χ1n) is 9.16. The average Bonchev–Trinajstić information content (AvgIpc) is 3.19. The van der Waals surface area contributed by atoms with Crippen molar-refractivity contribution >= 4 is 11.6 Å². The van der Waals surface area contributed by atoms with Crippen LogP contribution < -0.4 is 15.8 Å². The van der Waals surface area contributed by atoms with E-state index in [-0.39, 0.29) is 29.6 Å². The van der Waals surface area contributed by atoms with E-state index in [1.807, 2.05) is 4.90 Å². The van der Waals surface area contributed by atoms with Gasteiger partial charge in [0.2, 0.25) is 5.91 Å².